The van der Waals surface area contributed by atoms with E-state index in [1.165, 1.54) is 6.26 Å². The minimum Gasteiger partial charge on any atom is -0.356 e. The Kier molecular flexibility index (Phi) is 4.42. The van der Waals surface area contributed by atoms with Crippen LogP contribution in [0.4, 0.5) is 5.95 Å². The molecule has 1 aromatic heterocycles. The molecule has 0 unspecified atom stereocenters. The molecule has 1 rings (SSSR count). The van der Waals surface area contributed by atoms with Gasteiger partial charge in [-0.05, 0) is 27.2 Å². The van der Waals surface area contributed by atoms with Gasteiger partial charge in [-0.25, -0.2) is 13.4 Å². The van der Waals surface area contributed by atoms with Crippen molar-refractivity contribution in [2.24, 2.45) is 0 Å². The molecule has 0 aromatic carbocycles. The molecule has 0 saturated heterocycles. The van der Waals surface area contributed by atoms with E-state index < -0.39 is 14.6 Å². The Labute approximate surface area is 110 Å². The van der Waals surface area contributed by atoms with Gasteiger partial charge in [0.1, 0.15) is 0 Å². The van der Waals surface area contributed by atoms with Gasteiger partial charge in [0, 0.05) is 25.5 Å². The molecule has 0 saturated carbocycles. The third-order valence-electron chi connectivity index (χ3n) is 2.98. The zero-order valence-corrected chi connectivity index (χ0v) is 12.6. The van der Waals surface area contributed by atoms with Crippen molar-refractivity contribution in [2.75, 3.05) is 18.1 Å². The van der Waals surface area contributed by atoms with E-state index in [4.69, 9.17) is 0 Å². The minimum absolute atomic E-state index is 0.402. The Morgan fingerprint density at radius 1 is 1.44 bits per heavy atom. The Bertz CT molecular complexity index is 503. The third-order valence-corrected chi connectivity index (χ3v) is 5.12. The van der Waals surface area contributed by atoms with Crippen LogP contribution in [0.3, 0.4) is 0 Å². The molecule has 0 bridgehead atoms. The van der Waals surface area contributed by atoms with Crippen LogP contribution in [0.25, 0.3) is 0 Å². The molecule has 0 spiro atoms. The van der Waals surface area contributed by atoms with E-state index in [0.717, 1.165) is 24.6 Å². The van der Waals surface area contributed by atoms with E-state index in [1.807, 2.05) is 17.7 Å². The first-order valence-electron chi connectivity index (χ1n) is 6.14. The summed E-state index contributed by atoms with van der Waals surface area (Å²) in [6.07, 6.45) is 4.15. The average molecular weight is 273 g/mol. The van der Waals surface area contributed by atoms with Gasteiger partial charge in [-0.2, -0.15) is 0 Å². The average Bonchev–Trinajstić information content (AvgIpc) is 2.53. The molecule has 5 nitrogen and oxygen atoms in total. The van der Waals surface area contributed by atoms with E-state index in [1.54, 1.807) is 13.8 Å². The van der Waals surface area contributed by atoms with Crippen LogP contribution in [0.5, 0.6) is 0 Å². The van der Waals surface area contributed by atoms with Crippen molar-refractivity contribution in [2.45, 2.75) is 45.4 Å². The second kappa shape index (κ2) is 5.30. The Morgan fingerprint density at radius 3 is 2.56 bits per heavy atom. The summed E-state index contributed by atoms with van der Waals surface area (Å²) in [4.78, 5) is 4.37. The van der Waals surface area contributed by atoms with Crippen molar-refractivity contribution in [3.8, 4) is 0 Å². The Hall–Kier alpha value is -1.04. The van der Waals surface area contributed by atoms with Gasteiger partial charge in [-0.15, -0.1) is 0 Å². The normalized spacial score (nSPS) is 12.7. The highest BCUT2D eigenvalue weighted by Crippen LogP contribution is 2.21. The smallest absolute Gasteiger partial charge is 0.203 e. The number of nitrogens with one attached hydrogen (secondary N) is 1. The van der Waals surface area contributed by atoms with Gasteiger partial charge in [-0.3, -0.25) is 0 Å². The first-order chi connectivity index (χ1) is 8.17. The fourth-order valence-electron chi connectivity index (χ4n) is 1.57. The minimum atomic E-state index is -3.10. The lowest BCUT2D eigenvalue weighted by atomic mass is 10.2. The number of sulfone groups is 1. The van der Waals surface area contributed by atoms with Crippen molar-refractivity contribution >= 4 is 15.8 Å². The lowest BCUT2D eigenvalue weighted by molar-refractivity contribution is 0.504. The summed E-state index contributed by atoms with van der Waals surface area (Å²) in [6.45, 7) is 8.69. The van der Waals surface area contributed by atoms with Gasteiger partial charge >= 0.3 is 0 Å². The first kappa shape index (κ1) is 15.0. The first-order valence-corrected chi connectivity index (χ1v) is 8.04. The highest BCUT2D eigenvalue weighted by molar-refractivity contribution is 7.92. The van der Waals surface area contributed by atoms with Crippen LogP contribution in [0.15, 0.2) is 6.20 Å². The van der Waals surface area contributed by atoms with Crippen molar-refractivity contribution in [3.05, 3.63) is 11.9 Å². The summed E-state index contributed by atoms with van der Waals surface area (Å²) in [5.74, 6) is 0.742. The summed E-state index contributed by atoms with van der Waals surface area (Å²) in [6, 6.07) is 0. The molecular formula is C12H23N3O2S. The molecule has 104 valence electrons. The maximum absolute atomic E-state index is 11.7. The van der Waals surface area contributed by atoms with E-state index in [9.17, 15) is 8.42 Å². The Morgan fingerprint density at radius 2 is 2.06 bits per heavy atom. The molecule has 1 heterocycles. The van der Waals surface area contributed by atoms with Gasteiger partial charge in [0.2, 0.25) is 5.95 Å². The highest BCUT2D eigenvalue weighted by Gasteiger charge is 2.31. The van der Waals surface area contributed by atoms with E-state index >= 15 is 0 Å². The molecule has 1 aromatic rings. The van der Waals surface area contributed by atoms with Crippen molar-refractivity contribution in [1.29, 1.82) is 0 Å². The maximum Gasteiger partial charge on any atom is 0.203 e. The van der Waals surface area contributed by atoms with Gasteiger partial charge in [0.05, 0.1) is 10.4 Å². The predicted molar refractivity (Wildman–Crippen MR) is 74.7 cm³/mol. The summed E-state index contributed by atoms with van der Waals surface area (Å²) >= 11 is 0. The molecule has 0 radical (unpaired) electrons. The molecule has 0 amide bonds. The lowest BCUT2D eigenvalue weighted by Gasteiger charge is -2.24. The van der Waals surface area contributed by atoms with Gasteiger partial charge in [0.15, 0.2) is 9.84 Å². The summed E-state index contributed by atoms with van der Waals surface area (Å²) in [5, 5.41) is 3.21. The van der Waals surface area contributed by atoms with E-state index in [0.29, 0.717) is 6.54 Å². The van der Waals surface area contributed by atoms with Crippen molar-refractivity contribution in [1.82, 2.24) is 9.55 Å². The highest BCUT2D eigenvalue weighted by atomic mass is 32.2. The quantitative estimate of drug-likeness (QED) is 0.859. The van der Waals surface area contributed by atoms with E-state index in [-0.39, 0.29) is 0 Å². The van der Waals surface area contributed by atoms with Gasteiger partial charge in [-0.1, -0.05) is 6.92 Å². The predicted octanol–water partition coefficient (Wildman–Crippen LogP) is 1.84. The van der Waals surface area contributed by atoms with Crippen LogP contribution >= 0.6 is 0 Å². The van der Waals surface area contributed by atoms with Crippen LogP contribution in [-0.4, -0.2) is 35.5 Å². The molecule has 0 atom stereocenters. The molecular weight excluding hydrogens is 250 g/mol. The monoisotopic (exact) mass is 273 g/mol. The Balaban J connectivity index is 2.97. The summed E-state index contributed by atoms with van der Waals surface area (Å²) < 4.78 is 24.5. The van der Waals surface area contributed by atoms with Crippen LogP contribution < -0.4 is 5.32 Å². The van der Waals surface area contributed by atoms with Gasteiger partial charge < -0.3 is 9.88 Å². The third kappa shape index (κ3) is 3.48. The molecule has 0 aliphatic heterocycles. The number of aryl methyl sites for hydroxylation is 1. The fraction of sp³-hybridized carbons (Fsp3) is 0.750. The second-order valence-electron chi connectivity index (χ2n) is 5.29. The SMILES string of the molecule is CCCNc1nc(C)cn1CC(C)(C)S(C)(=O)=O. The number of anilines is 1. The number of hydrogen-bond acceptors (Lipinski definition) is 4. The maximum atomic E-state index is 11.7. The molecule has 0 aliphatic rings. The topological polar surface area (TPSA) is 64.0 Å². The zero-order valence-electron chi connectivity index (χ0n) is 11.8. The largest absolute Gasteiger partial charge is 0.356 e. The zero-order chi connectivity index (χ0) is 14.0. The molecule has 0 aliphatic carbocycles. The van der Waals surface area contributed by atoms with Crippen LogP contribution in [-0.2, 0) is 16.4 Å². The molecule has 0 fully saturated rings. The fourth-order valence-corrected chi connectivity index (χ4v) is 1.95. The van der Waals surface area contributed by atoms with Crippen LogP contribution in [0.1, 0.15) is 32.9 Å². The molecule has 18 heavy (non-hydrogen) atoms. The summed E-state index contributed by atoms with van der Waals surface area (Å²) in [7, 11) is -3.10. The van der Waals surface area contributed by atoms with E-state index in [2.05, 4.69) is 17.2 Å². The number of hydrogen-bond donors (Lipinski definition) is 1. The lowest BCUT2D eigenvalue weighted by Crippen LogP contribution is -2.36. The van der Waals surface area contributed by atoms with Gasteiger partial charge in [0.25, 0.3) is 0 Å². The number of aromatic nitrogens is 2. The molecule has 1 N–H and O–H groups in total. The number of imidazole rings is 1. The summed E-state index contributed by atoms with van der Waals surface area (Å²) in [5.41, 5.74) is 0.887. The molecule has 6 heteroatoms. The van der Waals surface area contributed by atoms with Crippen molar-refractivity contribution < 1.29 is 8.42 Å². The van der Waals surface area contributed by atoms with Crippen LogP contribution in [0.2, 0.25) is 0 Å². The number of rotatable bonds is 6. The standard InChI is InChI=1S/C12H23N3O2S/c1-6-7-13-11-14-10(2)8-15(11)9-12(3,4)18(5,16)17/h8H,6-7,9H2,1-5H3,(H,13,14). The second-order valence-corrected chi connectivity index (χ2v) is 7.94. The van der Waals surface area contributed by atoms with Crippen molar-refractivity contribution in [3.63, 3.8) is 0 Å². The van der Waals surface area contributed by atoms with Crippen LogP contribution in [0, 0.1) is 6.92 Å². The number of nitrogens with zero attached hydrogens (tertiary/aromatic N) is 2.